The largest absolute Gasteiger partial charge is 0.508 e. The molecule has 2 unspecified atom stereocenters. The van der Waals surface area contributed by atoms with Gasteiger partial charge in [-0.1, -0.05) is 11.6 Å². The quantitative estimate of drug-likeness (QED) is 0.791. The third-order valence-electron chi connectivity index (χ3n) is 3.52. The van der Waals surface area contributed by atoms with Gasteiger partial charge in [-0.3, -0.25) is 5.10 Å². The fraction of sp³-hybridized carbons (Fsp3) is 0.429. The molecule has 0 aliphatic carbocycles. The number of H-pyrrole nitrogens is 1. The molecule has 0 amide bonds. The zero-order chi connectivity index (χ0) is 15.0. The van der Waals surface area contributed by atoms with Crippen molar-refractivity contribution in [1.82, 2.24) is 20.5 Å². The number of aromatic nitrogens is 3. The number of aromatic hydroxyl groups is 1. The molecule has 0 bridgehead atoms. The van der Waals surface area contributed by atoms with Gasteiger partial charge in [0.2, 0.25) is 5.95 Å². The highest BCUT2D eigenvalue weighted by Crippen LogP contribution is 2.29. The molecule has 2 heterocycles. The first-order valence-electron chi connectivity index (χ1n) is 6.95. The molecule has 1 fully saturated rings. The minimum atomic E-state index is 0.150. The molecule has 21 heavy (non-hydrogen) atoms. The first-order chi connectivity index (χ1) is 10.0. The van der Waals surface area contributed by atoms with Gasteiger partial charge in [0.05, 0.1) is 5.02 Å². The van der Waals surface area contributed by atoms with Gasteiger partial charge in [0.25, 0.3) is 0 Å². The number of phenolic OH excluding ortho intramolecular Hbond substituents is 1. The van der Waals surface area contributed by atoms with Crippen LogP contribution in [0.25, 0.3) is 11.4 Å². The minimum absolute atomic E-state index is 0.150. The van der Waals surface area contributed by atoms with Gasteiger partial charge in [-0.2, -0.15) is 4.98 Å². The topological polar surface area (TPSA) is 77.1 Å². The number of nitrogens with one attached hydrogen (secondary N) is 2. The van der Waals surface area contributed by atoms with E-state index in [1.54, 1.807) is 18.2 Å². The van der Waals surface area contributed by atoms with Crippen LogP contribution in [0.3, 0.4) is 0 Å². The molecular formula is C14H18ClN5O. The van der Waals surface area contributed by atoms with Crippen molar-refractivity contribution in [1.29, 1.82) is 0 Å². The zero-order valence-corrected chi connectivity index (χ0v) is 12.7. The number of anilines is 1. The van der Waals surface area contributed by atoms with Crippen LogP contribution in [0.1, 0.15) is 13.8 Å². The molecule has 3 rings (SSSR count). The minimum Gasteiger partial charge on any atom is -0.508 e. The van der Waals surface area contributed by atoms with Gasteiger partial charge in [-0.05, 0) is 32.0 Å². The molecule has 3 N–H and O–H groups in total. The van der Waals surface area contributed by atoms with Crippen molar-refractivity contribution in [2.24, 2.45) is 0 Å². The number of piperazine rings is 1. The molecule has 0 radical (unpaired) electrons. The zero-order valence-electron chi connectivity index (χ0n) is 12.0. The summed E-state index contributed by atoms with van der Waals surface area (Å²) in [6, 6.07) is 5.54. The van der Waals surface area contributed by atoms with E-state index in [1.165, 1.54) is 0 Å². The average molecular weight is 308 g/mol. The van der Waals surface area contributed by atoms with Gasteiger partial charge in [0.15, 0.2) is 5.82 Å². The van der Waals surface area contributed by atoms with Crippen LogP contribution in [0.2, 0.25) is 5.02 Å². The van der Waals surface area contributed by atoms with Gasteiger partial charge in [0.1, 0.15) is 5.75 Å². The molecule has 1 aromatic carbocycles. The fourth-order valence-corrected chi connectivity index (χ4v) is 2.91. The Balaban J connectivity index is 1.88. The monoisotopic (exact) mass is 307 g/mol. The summed E-state index contributed by atoms with van der Waals surface area (Å²) in [5.74, 6) is 1.37. The maximum absolute atomic E-state index is 9.58. The highest BCUT2D eigenvalue weighted by molar-refractivity contribution is 6.33. The third kappa shape index (κ3) is 2.96. The number of nitrogens with zero attached hydrogens (tertiary/aromatic N) is 3. The Labute approximate surface area is 128 Å². The average Bonchev–Trinajstić information content (AvgIpc) is 2.90. The lowest BCUT2D eigenvalue weighted by Gasteiger charge is -2.35. The summed E-state index contributed by atoms with van der Waals surface area (Å²) in [5.41, 5.74) is 0.645. The van der Waals surface area contributed by atoms with E-state index in [0.717, 1.165) is 13.1 Å². The van der Waals surface area contributed by atoms with Gasteiger partial charge >= 0.3 is 0 Å². The van der Waals surface area contributed by atoms with Gasteiger partial charge in [-0.15, -0.1) is 5.10 Å². The van der Waals surface area contributed by atoms with Crippen LogP contribution < -0.4 is 10.2 Å². The van der Waals surface area contributed by atoms with Crippen LogP contribution in [0.15, 0.2) is 18.2 Å². The highest BCUT2D eigenvalue weighted by atomic mass is 35.5. The Morgan fingerprint density at radius 2 is 2.00 bits per heavy atom. The number of hydrogen-bond acceptors (Lipinski definition) is 5. The van der Waals surface area contributed by atoms with Gasteiger partial charge in [0, 0.05) is 30.7 Å². The van der Waals surface area contributed by atoms with Crippen molar-refractivity contribution < 1.29 is 5.11 Å². The summed E-state index contributed by atoms with van der Waals surface area (Å²) in [5, 5.41) is 20.8. The molecule has 1 aromatic heterocycles. The smallest absolute Gasteiger partial charge is 0.245 e. The molecule has 1 saturated heterocycles. The Kier molecular flexibility index (Phi) is 3.73. The summed E-state index contributed by atoms with van der Waals surface area (Å²) in [7, 11) is 0. The second kappa shape index (κ2) is 5.54. The molecule has 1 aliphatic rings. The molecule has 112 valence electrons. The lowest BCUT2D eigenvalue weighted by molar-refractivity contribution is 0.403. The summed E-state index contributed by atoms with van der Waals surface area (Å²) in [6.45, 7) is 6.00. The van der Waals surface area contributed by atoms with E-state index in [1.807, 2.05) is 0 Å². The second-order valence-electron chi connectivity index (χ2n) is 5.52. The normalized spacial score (nSPS) is 22.5. The number of hydrogen-bond donors (Lipinski definition) is 3. The molecule has 0 saturated carbocycles. The van der Waals surface area contributed by atoms with Crippen molar-refractivity contribution in [3.8, 4) is 17.1 Å². The Bertz CT molecular complexity index is 634. The molecule has 6 nitrogen and oxygen atoms in total. The van der Waals surface area contributed by atoms with E-state index < -0.39 is 0 Å². The SMILES string of the molecule is CC1CN(c2n[nH]c(-c3cc(O)ccc3Cl)n2)CC(C)N1. The fourth-order valence-electron chi connectivity index (χ4n) is 2.70. The second-order valence-corrected chi connectivity index (χ2v) is 5.93. The van der Waals surface area contributed by atoms with Gasteiger partial charge in [-0.25, -0.2) is 0 Å². The lowest BCUT2D eigenvalue weighted by atomic mass is 10.1. The van der Waals surface area contributed by atoms with E-state index in [0.29, 0.717) is 34.4 Å². The standard InChI is InChI=1S/C14H18ClN5O/c1-8-6-20(7-9(2)16-8)14-17-13(18-19-14)11-5-10(21)3-4-12(11)15/h3-5,8-9,16,21H,6-7H2,1-2H3,(H,17,18,19). The summed E-state index contributed by atoms with van der Waals surface area (Å²) in [6.07, 6.45) is 0. The van der Waals surface area contributed by atoms with E-state index in [4.69, 9.17) is 11.6 Å². The Morgan fingerprint density at radius 3 is 2.71 bits per heavy atom. The molecular weight excluding hydrogens is 290 g/mol. The number of aromatic amines is 1. The van der Waals surface area contributed by atoms with E-state index in [2.05, 4.69) is 39.2 Å². The van der Waals surface area contributed by atoms with Crippen molar-refractivity contribution in [2.75, 3.05) is 18.0 Å². The van der Waals surface area contributed by atoms with Crippen LogP contribution in [0.4, 0.5) is 5.95 Å². The van der Waals surface area contributed by atoms with Crippen LogP contribution in [-0.2, 0) is 0 Å². The molecule has 2 atom stereocenters. The van der Waals surface area contributed by atoms with E-state index >= 15 is 0 Å². The number of benzene rings is 1. The Morgan fingerprint density at radius 1 is 1.29 bits per heavy atom. The van der Waals surface area contributed by atoms with Crippen molar-refractivity contribution in [2.45, 2.75) is 25.9 Å². The van der Waals surface area contributed by atoms with E-state index in [-0.39, 0.29) is 5.75 Å². The molecule has 2 aromatic rings. The summed E-state index contributed by atoms with van der Waals surface area (Å²) >= 11 is 6.15. The van der Waals surface area contributed by atoms with Crippen LogP contribution in [-0.4, -0.2) is 45.5 Å². The maximum Gasteiger partial charge on any atom is 0.245 e. The lowest BCUT2D eigenvalue weighted by Crippen LogP contribution is -2.54. The van der Waals surface area contributed by atoms with Crippen molar-refractivity contribution in [3.63, 3.8) is 0 Å². The van der Waals surface area contributed by atoms with Crippen molar-refractivity contribution in [3.05, 3.63) is 23.2 Å². The van der Waals surface area contributed by atoms with Crippen LogP contribution in [0, 0.1) is 0 Å². The first kappa shape index (κ1) is 14.2. The van der Waals surface area contributed by atoms with E-state index in [9.17, 15) is 5.11 Å². The maximum atomic E-state index is 9.58. The predicted octanol–water partition coefficient (Wildman–Crippen LogP) is 2.02. The predicted molar refractivity (Wildman–Crippen MR) is 82.8 cm³/mol. The highest BCUT2D eigenvalue weighted by Gasteiger charge is 2.24. The summed E-state index contributed by atoms with van der Waals surface area (Å²) in [4.78, 5) is 6.65. The Hall–Kier alpha value is -1.79. The molecule has 7 heteroatoms. The van der Waals surface area contributed by atoms with Crippen LogP contribution in [0.5, 0.6) is 5.75 Å². The van der Waals surface area contributed by atoms with Gasteiger partial charge < -0.3 is 15.3 Å². The number of halogens is 1. The number of rotatable bonds is 2. The summed E-state index contributed by atoms with van der Waals surface area (Å²) < 4.78 is 0. The molecule has 1 aliphatic heterocycles. The van der Waals surface area contributed by atoms with Crippen LogP contribution >= 0.6 is 11.6 Å². The first-order valence-corrected chi connectivity index (χ1v) is 7.33. The molecule has 0 spiro atoms. The van der Waals surface area contributed by atoms with Crippen molar-refractivity contribution >= 4 is 17.5 Å². The number of phenols is 1. The third-order valence-corrected chi connectivity index (χ3v) is 3.85.